The van der Waals surface area contributed by atoms with Crippen LogP contribution < -0.4 is 0 Å². The summed E-state index contributed by atoms with van der Waals surface area (Å²) in [7, 11) is 0. The molecule has 2 fully saturated rings. The van der Waals surface area contributed by atoms with Crippen LogP contribution in [0.4, 0.5) is 0 Å². The molecule has 2 aromatic heterocycles. The fourth-order valence-electron chi connectivity index (χ4n) is 4.20. The van der Waals surface area contributed by atoms with Gasteiger partial charge in [0.2, 0.25) is 0 Å². The molecule has 2 aromatic rings. The summed E-state index contributed by atoms with van der Waals surface area (Å²) in [5.41, 5.74) is 0.543. The first-order chi connectivity index (χ1) is 11.8. The second-order valence-corrected chi connectivity index (χ2v) is 6.92. The standard InChI is InChI=1S/C19H24N4O/c24-19(17-11-5-12-18(21-17)22-14-6-13-20-22)23(15-7-1-2-8-15)16-9-3-4-10-16/h5-6,11-16H,1-4,7-10H2. The number of hydrogen-bond acceptors (Lipinski definition) is 3. The van der Waals surface area contributed by atoms with Gasteiger partial charge in [0.25, 0.3) is 5.91 Å². The van der Waals surface area contributed by atoms with E-state index in [1.807, 2.05) is 30.5 Å². The van der Waals surface area contributed by atoms with Crippen molar-refractivity contribution in [3.05, 3.63) is 42.4 Å². The highest BCUT2D eigenvalue weighted by Crippen LogP contribution is 2.32. The van der Waals surface area contributed by atoms with Crippen molar-refractivity contribution in [2.75, 3.05) is 0 Å². The van der Waals surface area contributed by atoms with Crippen molar-refractivity contribution in [2.24, 2.45) is 0 Å². The first-order valence-corrected chi connectivity index (χ1v) is 9.13. The number of carbonyl (C=O) groups is 1. The van der Waals surface area contributed by atoms with Crippen LogP contribution in [0.2, 0.25) is 0 Å². The van der Waals surface area contributed by atoms with E-state index in [9.17, 15) is 4.79 Å². The summed E-state index contributed by atoms with van der Waals surface area (Å²) in [5, 5.41) is 4.22. The molecule has 2 aliphatic rings. The molecule has 126 valence electrons. The van der Waals surface area contributed by atoms with Gasteiger partial charge >= 0.3 is 0 Å². The third-order valence-corrected chi connectivity index (χ3v) is 5.36. The zero-order chi connectivity index (χ0) is 16.4. The lowest BCUT2D eigenvalue weighted by molar-refractivity contribution is 0.0574. The van der Waals surface area contributed by atoms with Gasteiger partial charge in [-0.05, 0) is 43.9 Å². The molecule has 2 heterocycles. The van der Waals surface area contributed by atoms with Crippen LogP contribution >= 0.6 is 0 Å². The summed E-state index contributed by atoms with van der Waals surface area (Å²) in [6.45, 7) is 0. The molecule has 0 unspecified atom stereocenters. The molecule has 0 spiro atoms. The monoisotopic (exact) mass is 324 g/mol. The molecule has 4 rings (SSSR count). The van der Waals surface area contributed by atoms with Crippen molar-refractivity contribution in [1.29, 1.82) is 0 Å². The number of aromatic nitrogens is 3. The lowest BCUT2D eigenvalue weighted by Crippen LogP contribution is -2.45. The highest BCUT2D eigenvalue weighted by Gasteiger charge is 2.35. The summed E-state index contributed by atoms with van der Waals surface area (Å²) in [6, 6.07) is 8.29. The van der Waals surface area contributed by atoms with E-state index in [1.54, 1.807) is 10.9 Å². The summed E-state index contributed by atoms with van der Waals surface area (Å²) >= 11 is 0. The molecule has 2 saturated carbocycles. The quantitative estimate of drug-likeness (QED) is 0.863. The Bertz CT molecular complexity index is 669. The molecule has 1 amide bonds. The Hall–Kier alpha value is -2.17. The van der Waals surface area contributed by atoms with Crippen molar-refractivity contribution in [3.63, 3.8) is 0 Å². The molecule has 0 radical (unpaired) electrons. The highest BCUT2D eigenvalue weighted by molar-refractivity contribution is 5.93. The minimum Gasteiger partial charge on any atom is -0.331 e. The summed E-state index contributed by atoms with van der Waals surface area (Å²) in [6.07, 6.45) is 13.1. The Morgan fingerprint density at radius 2 is 1.67 bits per heavy atom. The first-order valence-electron chi connectivity index (χ1n) is 9.13. The fourth-order valence-corrected chi connectivity index (χ4v) is 4.20. The normalized spacial score (nSPS) is 19.0. The van der Waals surface area contributed by atoms with Gasteiger partial charge in [0, 0.05) is 24.5 Å². The van der Waals surface area contributed by atoms with Gasteiger partial charge in [-0.3, -0.25) is 4.79 Å². The van der Waals surface area contributed by atoms with Crippen molar-refractivity contribution >= 4 is 5.91 Å². The van der Waals surface area contributed by atoms with Crippen molar-refractivity contribution in [1.82, 2.24) is 19.7 Å². The Morgan fingerprint density at radius 3 is 2.25 bits per heavy atom. The van der Waals surface area contributed by atoms with Crippen LogP contribution in [0.25, 0.3) is 5.82 Å². The Balaban J connectivity index is 1.63. The Morgan fingerprint density at radius 1 is 1.00 bits per heavy atom. The fraction of sp³-hybridized carbons (Fsp3) is 0.526. The average Bonchev–Trinajstić information content (AvgIpc) is 3.38. The lowest BCUT2D eigenvalue weighted by atomic mass is 10.1. The molecule has 0 bridgehead atoms. The number of carbonyl (C=O) groups excluding carboxylic acids is 1. The second kappa shape index (κ2) is 6.75. The maximum Gasteiger partial charge on any atom is 0.273 e. The molecule has 0 aliphatic heterocycles. The third-order valence-electron chi connectivity index (χ3n) is 5.36. The predicted octanol–water partition coefficient (Wildman–Crippen LogP) is 3.59. The smallest absolute Gasteiger partial charge is 0.273 e. The number of rotatable bonds is 4. The lowest BCUT2D eigenvalue weighted by Gasteiger charge is -2.34. The van der Waals surface area contributed by atoms with E-state index in [2.05, 4.69) is 15.0 Å². The zero-order valence-corrected chi connectivity index (χ0v) is 14.0. The van der Waals surface area contributed by atoms with Crippen LogP contribution in [0.5, 0.6) is 0 Å². The molecule has 5 heteroatoms. The molecular formula is C19H24N4O. The Kier molecular flexibility index (Phi) is 4.32. The molecule has 2 aliphatic carbocycles. The molecule has 0 aromatic carbocycles. The van der Waals surface area contributed by atoms with E-state index in [4.69, 9.17) is 0 Å². The molecule has 0 saturated heterocycles. The van der Waals surface area contributed by atoms with E-state index < -0.39 is 0 Å². The van der Waals surface area contributed by atoms with Gasteiger partial charge in [0.05, 0.1) is 0 Å². The molecular weight excluding hydrogens is 300 g/mol. The number of hydrogen-bond donors (Lipinski definition) is 0. The Labute approximate surface area is 142 Å². The van der Waals surface area contributed by atoms with Crippen molar-refractivity contribution in [2.45, 2.75) is 63.5 Å². The van der Waals surface area contributed by atoms with E-state index in [0.717, 1.165) is 25.7 Å². The molecule has 0 atom stereocenters. The van der Waals surface area contributed by atoms with Crippen LogP contribution in [-0.2, 0) is 0 Å². The summed E-state index contributed by atoms with van der Waals surface area (Å²) in [4.78, 5) is 20.0. The SMILES string of the molecule is O=C(c1cccc(-n2cccn2)n1)N(C1CCCC1)C1CCCC1. The van der Waals surface area contributed by atoms with Crippen LogP contribution in [-0.4, -0.2) is 37.7 Å². The van der Waals surface area contributed by atoms with Crippen molar-refractivity contribution in [3.8, 4) is 5.82 Å². The van der Waals surface area contributed by atoms with Crippen LogP contribution in [0.1, 0.15) is 61.9 Å². The number of amides is 1. The minimum absolute atomic E-state index is 0.0998. The number of nitrogens with zero attached hydrogens (tertiary/aromatic N) is 4. The van der Waals surface area contributed by atoms with E-state index in [1.165, 1.54) is 25.7 Å². The maximum absolute atomic E-state index is 13.3. The van der Waals surface area contributed by atoms with Gasteiger partial charge < -0.3 is 4.90 Å². The molecule has 24 heavy (non-hydrogen) atoms. The van der Waals surface area contributed by atoms with E-state index in [0.29, 0.717) is 23.6 Å². The predicted molar refractivity (Wildman–Crippen MR) is 92.0 cm³/mol. The van der Waals surface area contributed by atoms with Gasteiger partial charge in [-0.15, -0.1) is 0 Å². The average molecular weight is 324 g/mol. The van der Waals surface area contributed by atoms with E-state index in [-0.39, 0.29) is 5.91 Å². The molecule has 0 N–H and O–H groups in total. The maximum atomic E-state index is 13.3. The second-order valence-electron chi connectivity index (χ2n) is 6.92. The molecule has 5 nitrogen and oxygen atoms in total. The first kappa shape index (κ1) is 15.4. The van der Waals surface area contributed by atoms with Crippen LogP contribution in [0.15, 0.2) is 36.7 Å². The zero-order valence-electron chi connectivity index (χ0n) is 14.0. The number of pyridine rings is 1. The van der Waals surface area contributed by atoms with Gasteiger partial charge in [0.1, 0.15) is 5.69 Å². The van der Waals surface area contributed by atoms with Gasteiger partial charge in [-0.2, -0.15) is 5.10 Å². The highest BCUT2D eigenvalue weighted by atomic mass is 16.2. The van der Waals surface area contributed by atoms with E-state index >= 15 is 0 Å². The summed E-state index contributed by atoms with van der Waals surface area (Å²) < 4.78 is 1.70. The topological polar surface area (TPSA) is 51.0 Å². The van der Waals surface area contributed by atoms with Crippen molar-refractivity contribution < 1.29 is 4.79 Å². The third kappa shape index (κ3) is 2.95. The summed E-state index contributed by atoms with van der Waals surface area (Å²) in [5.74, 6) is 0.798. The van der Waals surface area contributed by atoms with Crippen LogP contribution in [0.3, 0.4) is 0 Å². The van der Waals surface area contributed by atoms with Gasteiger partial charge in [-0.25, -0.2) is 9.67 Å². The van der Waals surface area contributed by atoms with Gasteiger partial charge in [-0.1, -0.05) is 31.7 Å². The minimum atomic E-state index is 0.0998. The van der Waals surface area contributed by atoms with Gasteiger partial charge in [0.15, 0.2) is 5.82 Å². The van der Waals surface area contributed by atoms with Crippen LogP contribution in [0, 0.1) is 0 Å². The largest absolute Gasteiger partial charge is 0.331 e.